The first-order chi connectivity index (χ1) is 11.5. The van der Waals surface area contributed by atoms with Crippen LogP contribution < -0.4 is 10.1 Å². The van der Waals surface area contributed by atoms with Crippen LogP contribution in [0.2, 0.25) is 5.02 Å². The molecule has 0 aliphatic heterocycles. The lowest BCUT2D eigenvalue weighted by atomic mass is 10.1. The third kappa shape index (κ3) is 4.81. The van der Waals surface area contributed by atoms with Crippen molar-refractivity contribution in [3.05, 3.63) is 70.5 Å². The van der Waals surface area contributed by atoms with E-state index in [1.54, 1.807) is 30.3 Å². The molecular weight excluding hydrogens is 333 g/mol. The number of aliphatic hydroxyl groups is 1. The molecule has 2 aromatic rings. The third-order valence-corrected chi connectivity index (χ3v) is 3.68. The zero-order valence-electron chi connectivity index (χ0n) is 13.0. The fourth-order valence-corrected chi connectivity index (χ4v) is 2.33. The zero-order valence-corrected chi connectivity index (χ0v) is 13.8. The molecule has 2 aromatic carbocycles. The molecule has 0 saturated carbocycles. The summed E-state index contributed by atoms with van der Waals surface area (Å²) in [6.45, 7) is 0.0177. The number of amides is 1. The van der Waals surface area contributed by atoms with Gasteiger partial charge in [0.1, 0.15) is 0 Å². The van der Waals surface area contributed by atoms with E-state index in [1.807, 2.05) is 0 Å². The van der Waals surface area contributed by atoms with Gasteiger partial charge in [0.15, 0.2) is 11.6 Å². The maximum atomic E-state index is 13.5. The second-order valence-electron chi connectivity index (χ2n) is 5.01. The van der Waals surface area contributed by atoms with Gasteiger partial charge in [-0.2, -0.15) is 0 Å². The van der Waals surface area contributed by atoms with E-state index in [-0.39, 0.29) is 12.3 Å². The van der Waals surface area contributed by atoms with Crippen LogP contribution >= 0.6 is 11.6 Å². The highest BCUT2D eigenvalue weighted by atomic mass is 35.5. The molecule has 126 valence electrons. The van der Waals surface area contributed by atoms with Crippen LogP contribution in [0.15, 0.2) is 48.5 Å². The van der Waals surface area contributed by atoms with E-state index in [0.29, 0.717) is 16.1 Å². The van der Waals surface area contributed by atoms with E-state index < -0.39 is 17.8 Å². The quantitative estimate of drug-likeness (QED) is 0.786. The number of carbonyl (C=O) groups is 1. The van der Waals surface area contributed by atoms with E-state index in [9.17, 15) is 14.3 Å². The van der Waals surface area contributed by atoms with E-state index in [2.05, 4.69) is 5.32 Å². The molecule has 6 heteroatoms. The van der Waals surface area contributed by atoms with Gasteiger partial charge in [0.2, 0.25) is 5.91 Å². The van der Waals surface area contributed by atoms with Crippen LogP contribution in [0.25, 0.3) is 6.08 Å². The molecule has 0 radical (unpaired) electrons. The summed E-state index contributed by atoms with van der Waals surface area (Å²) in [4.78, 5) is 11.8. The minimum atomic E-state index is -0.908. The number of ether oxygens (including phenoxy) is 1. The van der Waals surface area contributed by atoms with Crippen molar-refractivity contribution in [2.75, 3.05) is 13.7 Å². The highest BCUT2D eigenvalue weighted by molar-refractivity contribution is 6.31. The molecule has 0 aliphatic rings. The van der Waals surface area contributed by atoms with Crippen LogP contribution in [0, 0.1) is 5.82 Å². The SMILES string of the molecule is COc1ccc(/C=C/C(=O)NCC(O)c2ccccc2Cl)cc1F. The second-order valence-corrected chi connectivity index (χ2v) is 5.42. The Bertz CT molecular complexity index is 749. The first-order valence-corrected chi connectivity index (χ1v) is 7.61. The van der Waals surface area contributed by atoms with Crippen molar-refractivity contribution >= 4 is 23.6 Å². The summed E-state index contributed by atoms with van der Waals surface area (Å²) in [5, 5.41) is 13.0. The summed E-state index contributed by atoms with van der Waals surface area (Å²) in [6.07, 6.45) is 1.83. The molecule has 24 heavy (non-hydrogen) atoms. The average molecular weight is 350 g/mol. The van der Waals surface area contributed by atoms with Crippen molar-refractivity contribution in [1.29, 1.82) is 0 Å². The summed E-state index contributed by atoms with van der Waals surface area (Å²) < 4.78 is 18.4. The predicted molar refractivity (Wildman–Crippen MR) is 91.4 cm³/mol. The van der Waals surface area contributed by atoms with Gasteiger partial charge in [-0.05, 0) is 29.8 Å². The monoisotopic (exact) mass is 349 g/mol. The summed E-state index contributed by atoms with van der Waals surface area (Å²) in [5.41, 5.74) is 1.07. The largest absolute Gasteiger partial charge is 0.494 e. The first-order valence-electron chi connectivity index (χ1n) is 7.23. The number of nitrogens with one attached hydrogen (secondary N) is 1. The Morgan fingerprint density at radius 3 is 2.79 bits per heavy atom. The van der Waals surface area contributed by atoms with Crippen LogP contribution in [0.1, 0.15) is 17.2 Å². The number of aliphatic hydroxyl groups excluding tert-OH is 1. The lowest BCUT2D eigenvalue weighted by molar-refractivity contribution is -0.116. The van der Waals surface area contributed by atoms with Crippen molar-refractivity contribution < 1.29 is 19.0 Å². The molecule has 0 fully saturated rings. The fraction of sp³-hybridized carbons (Fsp3) is 0.167. The van der Waals surface area contributed by atoms with Crippen molar-refractivity contribution in [2.45, 2.75) is 6.10 Å². The molecule has 0 saturated heterocycles. The minimum Gasteiger partial charge on any atom is -0.494 e. The molecule has 2 N–H and O–H groups in total. The van der Waals surface area contributed by atoms with Crippen LogP contribution in [-0.2, 0) is 4.79 Å². The zero-order chi connectivity index (χ0) is 17.5. The van der Waals surface area contributed by atoms with Crippen LogP contribution in [0.4, 0.5) is 4.39 Å². The van der Waals surface area contributed by atoms with Gasteiger partial charge in [0.05, 0.1) is 13.2 Å². The van der Waals surface area contributed by atoms with E-state index in [4.69, 9.17) is 16.3 Å². The van der Waals surface area contributed by atoms with Gasteiger partial charge in [-0.1, -0.05) is 35.9 Å². The van der Waals surface area contributed by atoms with E-state index >= 15 is 0 Å². The molecule has 2 rings (SSSR count). The second kappa shape index (κ2) is 8.47. The Balaban J connectivity index is 1.91. The summed E-state index contributed by atoms with van der Waals surface area (Å²) in [6, 6.07) is 11.2. The topological polar surface area (TPSA) is 58.6 Å². The van der Waals surface area contributed by atoms with Crippen LogP contribution in [0.5, 0.6) is 5.75 Å². The molecule has 1 atom stereocenters. The smallest absolute Gasteiger partial charge is 0.244 e. The summed E-state index contributed by atoms with van der Waals surface area (Å²) in [7, 11) is 1.38. The van der Waals surface area contributed by atoms with Crippen LogP contribution in [-0.4, -0.2) is 24.7 Å². The number of carbonyl (C=O) groups excluding carboxylic acids is 1. The van der Waals surface area contributed by atoms with E-state index in [1.165, 1.54) is 31.4 Å². The number of hydrogen-bond donors (Lipinski definition) is 2. The van der Waals surface area contributed by atoms with Crippen molar-refractivity contribution in [1.82, 2.24) is 5.32 Å². The van der Waals surface area contributed by atoms with Crippen molar-refractivity contribution in [2.24, 2.45) is 0 Å². The molecule has 1 unspecified atom stereocenters. The molecule has 0 bridgehead atoms. The minimum absolute atomic E-state index is 0.0177. The van der Waals surface area contributed by atoms with E-state index in [0.717, 1.165) is 0 Å². The lowest BCUT2D eigenvalue weighted by Gasteiger charge is -2.12. The van der Waals surface area contributed by atoms with Gasteiger partial charge in [-0.3, -0.25) is 4.79 Å². The summed E-state index contributed by atoms with van der Waals surface area (Å²) >= 11 is 5.98. The Morgan fingerprint density at radius 2 is 2.12 bits per heavy atom. The Hall–Kier alpha value is -2.37. The standard InChI is InChI=1S/C18H17ClFNO3/c1-24-17-8-6-12(10-15(17)20)7-9-18(23)21-11-16(22)13-4-2-3-5-14(13)19/h2-10,16,22H,11H2,1H3,(H,21,23)/b9-7+. The summed E-state index contributed by atoms with van der Waals surface area (Å²) in [5.74, 6) is -0.772. The fourth-order valence-electron chi connectivity index (χ4n) is 2.07. The molecule has 4 nitrogen and oxygen atoms in total. The van der Waals surface area contributed by atoms with Gasteiger partial charge >= 0.3 is 0 Å². The molecular formula is C18H17ClFNO3. The molecule has 0 heterocycles. The number of benzene rings is 2. The highest BCUT2D eigenvalue weighted by Gasteiger charge is 2.11. The van der Waals surface area contributed by atoms with Gasteiger partial charge < -0.3 is 15.2 Å². The number of rotatable bonds is 6. The number of hydrogen-bond acceptors (Lipinski definition) is 3. The first kappa shape index (κ1) is 18.0. The number of halogens is 2. The average Bonchev–Trinajstić information content (AvgIpc) is 2.58. The molecule has 1 amide bonds. The highest BCUT2D eigenvalue weighted by Crippen LogP contribution is 2.22. The molecule has 0 aliphatic carbocycles. The molecule has 0 spiro atoms. The third-order valence-electron chi connectivity index (χ3n) is 3.34. The van der Waals surface area contributed by atoms with Gasteiger partial charge in [-0.25, -0.2) is 4.39 Å². The van der Waals surface area contributed by atoms with Gasteiger partial charge in [0, 0.05) is 23.2 Å². The maximum absolute atomic E-state index is 13.5. The predicted octanol–water partition coefficient (Wildman–Crippen LogP) is 3.35. The Labute approximate surface area is 144 Å². The van der Waals surface area contributed by atoms with Gasteiger partial charge in [0.25, 0.3) is 0 Å². The van der Waals surface area contributed by atoms with Crippen molar-refractivity contribution in [3.63, 3.8) is 0 Å². The maximum Gasteiger partial charge on any atom is 0.244 e. The Morgan fingerprint density at radius 1 is 1.38 bits per heavy atom. The lowest BCUT2D eigenvalue weighted by Crippen LogP contribution is -2.26. The van der Waals surface area contributed by atoms with Crippen LogP contribution in [0.3, 0.4) is 0 Å². The Kier molecular flexibility index (Phi) is 6.35. The number of methoxy groups -OCH3 is 1. The normalized spacial score (nSPS) is 12.2. The van der Waals surface area contributed by atoms with Crippen molar-refractivity contribution in [3.8, 4) is 5.75 Å². The molecule has 0 aromatic heterocycles. The van der Waals surface area contributed by atoms with Gasteiger partial charge in [-0.15, -0.1) is 0 Å².